The van der Waals surface area contributed by atoms with Gasteiger partial charge in [0.25, 0.3) is 10.0 Å². The Morgan fingerprint density at radius 1 is 1.00 bits per heavy atom. The topological polar surface area (TPSA) is 70.0 Å². The van der Waals surface area contributed by atoms with Crippen molar-refractivity contribution in [1.29, 1.82) is 5.26 Å². The highest BCUT2D eigenvalue weighted by Crippen LogP contribution is 2.25. The van der Waals surface area contributed by atoms with Gasteiger partial charge in [-0.2, -0.15) is 5.26 Å². The zero-order valence-corrected chi connectivity index (χ0v) is 13.0. The Hall–Kier alpha value is -2.32. The molecule has 0 amide bonds. The highest BCUT2D eigenvalue weighted by molar-refractivity contribution is 7.92. The van der Waals surface area contributed by atoms with Crippen molar-refractivity contribution in [3.8, 4) is 6.07 Å². The van der Waals surface area contributed by atoms with Crippen LogP contribution in [-0.2, 0) is 10.0 Å². The number of sulfonamides is 1. The van der Waals surface area contributed by atoms with E-state index in [1.54, 1.807) is 19.1 Å². The van der Waals surface area contributed by atoms with Crippen molar-refractivity contribution < 1.29 is 8.42 Å². The minimum Gasteiger partial charge on any atom is -0.279 e. The summed E-state index contributed by atoms with van der Waals surface area (Å²) < 4.78 is 27.8. The predicted molar refractivity (Wildman–Crippen MR) is 82.6 cm³/mol. The SMILES string of the molecule is Cc1ccc(C#N)cc1S(=O)(=O)Nc1c(C)cccc1C. The molecule has 0 heterocycles. The molecule has 0 atom stereocenters. The number of hydrogen-bond donors (Lipinski definition) is 1. The van der Waals surface area contributed by atoms with Crippen LogP contribution in [0.4, 0.5) is 5.69 Å². The maximum Gasteiger partial charge on any atom is 0.262 e. The van der Waals surface area contributed by atoms with Crippen molar-refractivity contribution in [2.45, 2.75) is 25.7 Å². The number of nitrogens with one attached hydrogen (secondary N) is 1. The number of rotatable bonds is 3. The maximum atomic E-state index is 12.6. The molecule has 0 aliphatic rings. The molecule has 0 unspecified atom stereocenters. The quantitative estimate of drug-likeness (QED) is 0.945. The lowest BCUT2D eigenvalue weighted by Crippen LogP contribution is -2.16. The van der Waals surface area contributed by atoms with Gasteiger partial charge in [0.1, 0.15) is 0 Å². The number of nitrogens with zero attached hydrogens (tertiary/aromatic N) is 1. The molecule has 2 rings (SSSR count). The van der Waals surface area contributed by atoms with Crippen LogP contribution < -0.4 is 4.72 Å². The van der Waals surface area contributed by atoms with Crippen LogP contribution >= 0.6 is 0 Å². The molecule has 5 heteroatoms. The molecule has 0 aliphatic heterocycles. The van der Waals surface area contributed by atoms with E-state index in [1.807, 2.05) is 38.1 Å². The monoisotopic (exact) mass is 300 g/mol. The summed E-state index contributed by atoms with van der Waals surface area (Å²) in [5.41, 5.74) is 3.22. The molecule has 0 spiro atoms. The van der Waals surface area contributed by atoms with Crippen LogP contribution in [0.1, 0.15) is 22.3 Å². The summed E-state index contributed by atoms with van der Waals surface area (Å²) in [6.45, 7) is 5.41. The van der Waals surface area contributed by atoms with Gasteiger partial charge in [-0.05, 0) is 49.6 Å². The van der Waals surface area contributed by atoms with E-state index in [9.17, 15) is 8.42 Å². The second-order valence-electron chi connectivity index (χ2n) is 4.96. The number of anilines is 1. The minimum atomic E-state index is -3.72. The van der Waals surface area contributed by atoms with Gasteiger partial charge in [-0.25, -0.2) is 8.42 Å². The van der Waals surface area contributed by atoms with Crippen molar-refractivity contribution in [3.63, 3.8) is 0 Å². The van der Waals surface area contributed by atoms with E-state index in [2.05, 4.69) is 4.72 Å². The van der Waals surface area contributed by atoms with E-state index in [0.29, 0.717) is 16.8 Å². The van der Waals surface area contributed by atoms with Crippen molar-refractivity contribution in [2.75, 3.05) is 4.72 Å². The molecular weight excluding hydrogens is 284 g/mol. The number of para-hydroxylation sites is 1. The fourth-order valence-corrected chi connectivity index (χ4v) is 3.60. The Balaban J connectivity index is 2.51. The Labute approximate surface area is 125 Å². The molecular formula is C16H16N2O2S. The summed E-state index contributed by atoms with van der Waals surface area (Å²) >= 11 is 0. The first kappa shape index (κ1) is 15.1. The number of nitriles is 1. The van der Waals surface area contributed by atoms with Gasteiger partial charge in [0, 0.05) is 0 Å². The number of aryl methyl sites for hydroxylation is 3. The lowest BCUT2D eigenvalue weighted by Gasteiger charge is -2.14. The summed E-state index contributed by atoms with van der Waals surface area (Å²) in [4.78, 5) is 0.129. The van der Waals surface area contributed by atoms with Crippen LogP contribution in [0.3, 0.4) is 0 Å². The first-order chi connectivity index (χ1) is 9.85. The van der Waals surface area contributed by atoms with E-state index in [4.69, 9.17) is 5.26 Å². The molecule has 0 aromatic heterocycles. The highest BCUT2D eigenvalue weighted by atomic mass is 32.2. The maximum absolute atomic E-state index is 12.6. The third-order valence-corrected chi connectivity index (χ3v) is 4.82. The Kier molecular flexibility index (Phi) is 4.01. The van der Waals surface area contributed by atoms with Gasteiger partial charge in [0.15, 0.2) is 0 Å². The van der Waals surface area contributed by atoms with E-state index in [0.717, 1.165) is 11.1 Å². The van der Waals surface area contributed by atoms with Crippen LogP contribution in [0.5, 0.6) is 0 Å². The summed E-state index contributed by atoms with van der Waals surface area (Å²) in [6.07, 6.45) is 0. The normalized spacial score (nSPS) is 11.0. The smallest absolute Gasteiger partial charge is 0.262 e. The first-order valence-corrected chi connectivity index (χ1v) is 7.93. The molecule has 0 saturated heterocycles. The molecule has 4 nitrogen and oxygen atoms in total. The van der Waals surface area contributed by atoms with Gasteiger partial charge in [-0.3, -0.25) is 4.72 Å². The first-order valence-electron chi connectivity index (χ1n) is 6.45. The van der Waals surface area contributed by atoms with Gasteiger partial charge >= 0.3 is 0 Å². The average Bonchev–Trinajstić information content (AvgIpc) is 2.43. The highest BCUT2D eigenvalue weighted by Gasteiger charge is 2.19. The fourth-order valence-electron chi connectivity index (χ4n) is 2.12. The van der Waals surface area contributed by atoms with Crippen LogP contribution in [0.15, 0.2) is 41.3 Å². The zero-order valence-electron chi connectivity index (χ0n) is 12.1. The molecule has 0 aliphatic carbocycles. The summed E-state index contributed by atoms with van der Waals surface area (Å²) in [6, 6.07) is 12.2. The predicted octanol–water partition coefficient (Wildman–Crippen LogP) is 3.28. The fraction of sp³-hybridized carbons (Fsp3) is 0.188. The molecule has 1 N–H and O–H groups in total. The van der Waals surface area contributed by atoms with Gasteiger partial charge < -0.3 is 0 Å². The summed E-state index contributed by atoms with van der Waals surface area (Å²) in [5.74, 6) is 0. The van der Waals surface area contributed by atoms with Crippen molar-refractivity contribution in [3.05, 3.63) is 58.7 Å². The lowest BCUT2D eigenvalue weighted by atomic mass is 10.1. The standard InChI is InChI=1S/C16H16N2O2S/c1-11-7-8-14(10-17)9-15(11)21(19,20)18-16-12(2)5-4-6-13(16)3/h4-9,18H,1-3H3. The average molecular weight is 300 g/mol. The van der Waals surface area contributed by atoms with Gasteiger partial charge in [-0.1, -0.05) is 24.3 Å². The molecule has 108 valence electrons. The van der Waals surface area contributed by atoms with E-state index in [1.165, 1.54) is 6.07 Å². The van der Waals surface area contributed by atoms with Crippen LogP contribution in [0, 0.1) is 32.1 Å². The number of benzene rings is 2. The van der Waals surface area contributed by atoms with Crippen molar-refractivity contribution >= 4 is 15.7 Å². The molecule has 21 heavy (non-hydrogen) atoms. The van der Waals surface area contributed by atoms with Gasteiger partial charge in [-0.15, -0.1) is 0 Å². The molecule has 0 bridgehead atoms. The van der Waals surface area contributed by atoms with E-state index >= 15 is 0 Å². The van der Waals surface area contributed by atoms with E-state index < -0.39 is 10.0 Å². The molecule has 0 fully saturated rings. The third-order valence-electron chi connectivity index (χ3n) is 3.32. The van der Waals surface area contributed by atoms with Gasteiger partial charge in [0.05, 0.1) is 22.2 Å². The molecule has 2 aromatic rings. The van der Waals surface area contributed by atoms with Crippen molar-refractivity contribution in [1.82, 2.24) is 0 Å². The minimum absolute atomic E-state index is 0.129. The molecule has 2 aromatic carbocycles. The van der Waals surface area contributed by atoms with Gasteiger partial charge in [0.2, 0.25) is 0 Å². The second-order valence-corrected chi connectivity index (χ2v) is 6.62. The van der Waals surface area contributed by atoms with Crippen LogP contribution in [-0.4, -0.2) is 8.42 Å². The Morgan fingerprint density at radius 2 is 1.62 bits per heavy atom. The van der Waals surface area contributed by atoms with Crippen molar-refractivity contribution in [2.24, 2.45) is 0 Å². The molecule has 0 saturated carbocycles. The van der Waals surface area contributed by atoms with Crippen LogP contribution in [0.25, 0.3) is 0 Å². The zero-order chi connectivity index (χ0) is 15.6. The lowest BCUT2D eigenvalue weighted by molar-refractivity contribution is 0.600. The Bertz CT molecular complexity index is 814. The van der Waals surface area contributed by atoms with Crippen LogP contribution in [0.2, 0.25) is 0 Å². The largest absolute Gasteiger partial charge is 0.279 e. The molecule has 0 radical (unpaired) electrons. The summed E-state index contributed by atoms with van der Waals surface area (Å²) in [5, 5.41) is 8.93. The summed E-state index contributed by atoms with van der Waals surface area (Å²) in [7, 11) is -3.72. The third kappa shape index (κ3) is 3.06. The number of hydrogen-bond acceptors (Lipinski definition) is 3. The van der Waals surface area contributed by atoms with E-state index in [-0.39, 0.29) is 4.90 Å². The second kappa shape index (κ2) is 5.58. The Morgan fingerprint density at radius 3 is 2.19 bits per heavy atom.